The Kier molecular flexibility index (Phi) is 6.84. The van der Waals surface area contributed by atoms with E-state index < -0.39 is 21.3 Å². The van der Waals surface area contributed by atoms with Gasteiger partial charge in [0.2, 0.25) is 15.9 Å². The minimum absolute atomic E-state index is 0.0857. The lowest BCUT2D eigenvalue weighted by atomic mass is 9.81. The zero-order valence-corrected chi connectivity index (χ0v) is 27.0. The van der Waals surface area contributed by atoms with E-state index >= 15 is 0 Å². The molecule has 2 saturated heterocycles. The van der Waals surface area contributed by atoms with Crippen molar-refractivity contribution in [2.45, 2.75) is 75.8 Å². The minimum atomic E-state index is -3.72. The summed E-state index contributed by atoms with van der Waals surface area (Å²) >= 11 is 0. The summed E-state index contributed by atoms with van der Waals surface area (Å²) in [5, 5.41) is 1.09. The fourth-order valence-corrected chi connectivity index (χ4v) is 9.59. The molecular formula is C35H42N4O5S. The van der Waals surface area contributed by atoms with Crippen LogP contribution < -0.4 is 9.46 Å². The Hall–Kier alpha value is -3.37. The van der Waals surface area contributed by atoms with Crippen LogP contribution >= 0.6 is 0 Å². The van der Waals surface area contributed by atoms with Gasteiger partial charge in [-0.05, 0) is 86.0 Å². The third kappa shape index (κ3) is 4.78. The molecule has 3 aromatic rings. The molecule has 5 aliphatic rings. The van der Waals surface area contributed by atoms with Crippen LogP contribution in [0.15, 0.2) is 36.4 Å². The van der Waals surface area contributed by atoms with Crippen molar-refractivity contribution >= 4 is 32.7 Å². The first-order valence-corrected chi connectivity index (χ1v) is 18.5. The number of ether oxygens (including phenoxy) is 1. The third-order valence-corrected chi connectivity index (χ3v) is 11.9. The highest BCUT2D eigenvalue weighted by Gasteiger charge is 2.64. The average molecular weight is 631 g/mol. The van der Waals surface area contributed by atoms with E-state index in [1.807, 2.05) is 18.2 Å². The Labute approximate surface area is 264 Å². The maximum absolute atomic E-state index is 14.7. The van der Waals surface area contributed by atoms with Crippen molar-refractivity contribution in [3.63, 3.8) is 0 Å². The van der Waals surface area contributed by atoms with Gasteiger partial charge in [0.15, 0.2) is 0 Å². The molecule has 1 N–H and O–H groups in total. The van der Waals surface area contributed by atoms with Gasteiger partial charge in [-0.3, -0.25) is 14.5 Å². The molecule has 9 nitrogen and oxygen atoms in total. The summed E-state index contributed by atoms with van der Waals surface area (Å²) in [7, 11) is -2.03. The van der Waals surface area contributed by atoms with Gasteiger partial charge in [0.1, 0.15) is 5.75 Å². The second-order valence-corrected chi connectivity index (χ2v) is 15.8. The van der Waals surface area contributed by atoms with E-state index in [1.54, 1.807) is 13.2 Å². The first-order chi connectivity index (χ1) is 21.7. The van der Waals surface area contributed by atoms with Crippen LogP contribution in [0.1, 0.15) is 84.7 Å². The van der Waals surface area contributed by atoms with Crippen molar-refractivity contribution in [1.29, 1.82) is 0 Å². The van der Waals surface area contributed by atoms with Crippen molar-refractivity contribution in [2.24, 2.45) is 5.41 Å². The average Bonchev–Trinajstić information content (AvgIpc) is 3.45. The number of carbonyl (C=O) groups excluding carboxylic acids is 2. The fraction of sp³-hybridized carbons (Fsp3) is 0.543. The number of benzene rings is 2. The molecule has 3 atom stereocenters. The molecule has 8 rings (SSSR count). The molecule has 2 aromatic carbocycles. The van der Waals surface area contributed by atoms with Crippen LogP contribution in [0.4, 0.5) is 0 Å². The predicted molar refractivity (Wildman–Crippen MR) is 173 cm³/mol. The van der Waals surface area contributed by atoms with Crippen molar-refractivity contribution < 1.29 is 22.7 Å². The lowest BCUT2D eigenvalue weighted by Crippen LogP contribution is -2.54. The SMILES string of the molecule is COc1ccc2c(c1)C1CC1(C(=O)N1CCN3CCC[C@@H]3C1)Cn1c-2c(C2CCCCC2)c2ccc(C(=O)NS(C)(=O)=O)cc21. The Morgan fingerprint density at radius 1 is 0.978 bits per heavy atom. The monoisotopic (exact) mass is 630 g/mol. The van der Waals surface area contributed by atoms with Crippen LogP contribution in [-0.2, 0) is 21.4 Å². The zero-order valence-electron chi connectivity index (χ0n) is 26.2. The predicted octanol–water partition coefficient (Wildman–Crippen LogP) is 4.85. The molecule has 238 valence electrons. The van der Waals surface area contributed by atoms with E-state index in [2.05, 4.69) is 31.2 Å². The zero-order chi connectivity index (χ0) is 31.1. The molecular weight excluding hydrogens is 588 g/mol. The lowest BCUT2D eigenvalue weighted by Gasteiger charge is -2.39. The van der Waals surface area contributed by atoms with Crippen molar-refractivity contribution in [1.82, 2.24) is 19.1 Å². The van der Waals surface area contributed by atoms with E-state index in [-0.39, 0.29) is 11.8 Å². The summed E-state index contributed by atoms with van der Waals surface area (Å²) in [6, 6.07) is 12.4. The summed E-state index contributed by atoms with van der Waals surface area (Å²) in [6.45, 7) is 4.15. The number of fused-ring (bicyclic) bond motifs is 8. The van der Waals surface area contributed by atoms with E-state index in [0.29, 0.717) is 24.1 Å². The van der Waals surface area contributed by atoms with Crippen molar-refractivity contribution in [3.05, 3.63) is 53.1 Å². The van der Waals surface area contributed by atoms with Gasteiger partial charge in [-0.15, -0.1) is 0 Å². The van der Waals surface area contributed by atoms with Gasteiger partial charge in [-0.2, -0.15) is 0 Å². The molecule has 45 heavy (non-hydrogen) atoms. The van der Waals surface area contributed by atoms with Crippen molar-refractivity contribution in [3.8, 4) is 17.0 Å². The maximum Gasteiger partial charge on any atom is 0.264 e. The van der Waals surface area contributed by atoms with E-state index in [9.17, 15) is 18.0 Å². The molecule has 0 bridgehead atoms. The topological polar surface area (TPSA) is 101 Å². The number of nitrogens with zero attached hydrogens (tertiary/aromatic N) is 3. The number of hydrogen-bond donors (Lipinski definition) is 1. The fourth-order valence-electron chi connectivity index (χ4n) is 9.14. The second-order valence-electron chi connectivity index (χ2n) is 14.1. The highest BCUT2D eigenvalue weighted by Crippen LogP contribution is 2.66. The van der Waals surface area contributed by atoms with Gasteiger partial charge in [0.25, 0.3) is 5.91 Å². The second kappa shape index (κ2) is 10.6. The van der Waals surface area contributed by atoms with E-state index in [1.165, 1.54) is 36.8 Å². The molecule has 2 unspecified atom stereocenters. The highest BCUT2D eigenvalue weighted by molar-refractivity contribution is 7.89. The largest absolute Gasteiger partial charge is 0.497 e. The first kappa shape index (κ1) is 29.1. The summed E-state index contributed by atoms with van der Waals surface area (Å²) in [5.41, 5.74) is 5.39. The molecule has 2 amide bonds. The molecule has 1 aromatic heterocycles. The van der Waals surface area contributed by atoms with Gasteiger partial charge in [-0.25, -0.2) is 13.1 Å². The summed E-state index contributed by atoms with van der Waals surface area (Å²) < 4.78 is 34.1. The van der Waals surface area contributed by atoms with E-state index in [4.69, 9.17) is 4.74 Å². The molecule has 0 radical (unpaired) electrons. The Balaban J connectivity index is 1.31. The van der Waals surface area contributed by atoms with Crippen LogP contribution in [0.3, 0.4) is 0 Å². The van der Waals surface area contributed by atoms with Crippen LogP contribution in [-0.4, -0.2) is 80.2 Å². The quantitative estimate of drug-likeness (QED) is 0.433. The third-order valence-electron chi connectivity index (χ3n) is 11.4. The molecule has 0 spiro atoms. The van der Waals surface area contributed by atoms with Gasteiger partial charge in [0.05, 0.1) is 24.5 Å². The number of nitrogens with one attached hydrogen (secondary N) is 1. The number of aromatic nitrogens is 1. The van der Waals surface area contributed by atoms with Crippen LogP contribution in [0.5, 0.6) is 5.75 Å². The molecule has 2 aliphatic carbocycles. The van der Waals surface area contributed by atoms with Crippen LogP contribution in [0.2, 0.25) is 0 Å². The number of amides is 2. The number of methoxy groups -OCH3 is 1. The molecule has 4 fully saturated rings. The Morgan fingerprint density at radius 2 is 1.80 bits per heavy atom. The summed E-state index contributed by atoms with van der Waals surface area (Å²) in [6.07, 6.45) is 9.93. The Bertz CT molecular complexity index is 1830. The van der Waals surface area contributed by atoms with E-state index in [0.717, 1.165) is 86.0 Å². The lowest BCUT2D eigenvalue weighted by molar-refractivity contribution is -0.140. The van der Waals surface area contributed by atoms with Gasteiger partial charge in [0, 0.05) is 60.2 Å². The number of carbonyl (C=O) groups is 2. The van der Waals surface area contributed by atoms with Gasteiger partial charge < -0.3 is 14.2 Å². The first-order valence-electron chi connectivity index (χ1n) is 16.6. The standard InChI is InChI=1S/C35H42N4O5S/c1-44-25-11-13-26-28(18-25)29-19-35(29,34(41)38-16-15-37-14-6-9-24(37)20-38)21-39-30-17-23(33(40)36-45(2,42)43)10-12-27(30)31(32(26)39)22-7-4-3-5-8-22/h10-13,17-18,22,24,29H,3-9,14-16,19-21H2,1-2H3,(H,36,40)/t24-,29?,35?/m1/s1. The molecule has 10 heteroatoms. The Morgan fingerprint density at radius 3 is 2.58 bits per heavy atom. The van der Waals surface area contributed by atoms with Gasteiger partial charge in [-0.1, -0.05) is 25.3 Å². The molecule has 3 aliphatic heterocycles. The maximum atomic E-state index is 14.7. The molecule has 4 heterocycles. The number of rotatable bonds is 5. The number of piperazine rings is 1. The summed E-state index contributed by atoms with van der Waals surface area (Å²) in [4.78, 5) is 32.5. The number of sulfonamides is 1. The number of hydrogen-bond acceptors (Lipinski definition) is 6. The van der Waals surface area contributed by atoms with Crippen LogP contribution in [0.25, 0.3) is 22.2 Å². The normalized spacial score (nSPS) is 26.4. The van der Waals surface area contributed by atoms with Gasteiger partial charge >= 0.3 is 0 Å². The molecule has 2 saturated carbocycles. The van der Waals surface area contributed by atoms with Crippen LogP contribution in [0, 0.1) is 5.41 Å². The minimum Gasteiger partial charge on any atom is -0.497 e. The van der Waals surface area contributed by atoms with Crippen molar-refractivity contribution in [2.75, 3.05) is 39.5 Å². The highest BCUT2D eigenvalue weighted by atomic mass is 32.2. The smallest absolute Gasteiger partial charge is 0.264 e. The summed E-state index contributed by atoms with van der Waals surface area (Å²) in [5.74, 6) is 0.859.